The highest BCUT2D eigenvalue weighted by Crippen LogP contribution is 2.48. The third-order valence-electron chi connectivity index (χ3n) is 7.40. The molecule has 0 fully saturated rings. The zero-order valence-corrected chi connectivity index (χ0v) is 19.9. The Labute approximate surface area is 198 Å². The van der Waals surface area contributed by atoms with Gasteiger partial charge in [-0.15, -0.1) is 0 Å². The Balaban J connectivity index is 1.70. The van der Waals surface area contributed by atoms with Crippen molar-refractivity contribution in [1.29, 1.82) is 0 Å². The van der Waals surface area contributed by atoms with Crippen molar-refractivity contribution in [3.8, 4) is 11.3 Å². The number of pyridine rings is 1. The molecule has 2 aromatic heterocycles. The van der Waals surface area contributed by atoms with Gasteiger partial charge in [0, 0.05) is 5.39 Å². The monoisotopic (exact) mass is 442 g/mol. The Morgan fingerprint density at radius 3 is 2.18 bits per heavy atom. The van der Waals surface area contributed by atoms with Crippen LogP contribution in [0.2, 0.25) is 0 Å². The summed E-state index contributed by atoms with van der Waals surface area (Å²) in [6.45, 7) is 8.63. The van der Waals surface area contributed by atoms with E-state index in [9.17, 15) is 0 Å². The zero-order chi connectivity index (χ0) is 23.2. The molecular formula is C31H26N2O. The first kappa shape index (κ1) is 19.7. The lowest BCUT2D eigenvalue weighted by molar-refractivity contribution is -0.105. The summed E-state index contributed by atoms with van der Waals surface area (Å²) in [5.74, 6) is 0. The maximum absolute atomic E-state index is 6.46. The van der Waals surface area contributed by atoms with Crippen molar-refractivity contribution >= 4 is 38.2 Å². The van der Waals surface area contributed by atoms with Gasteiger partial charge in [-0.05, 0) is 84.8 Å². The van der Waals surface area contributed by atoms with E-state index in [-0.39, 0.29) is 11.2 Å². The maximum atomic E-state index is 6.46. The molecule has 4 aromatic carbocycles. The summed E-state index contributed by atoms with van der Waals surface area (Å²) in [4.78, 5) is 5.23. The standard InChI is InChI=1S/C31H26N2O/c1-30(2)24-17-26-28(18-25(24)31(3,4)34-30)33-27(20-11-6-5-7-12-20)16-23-21-13-9-8-10-19(21)14-15-22(23)29(33)32-26/h5-18H,1-4H3. The van der Waals surface area contributed by atoms with Crippen LogP contribution >= 0.6 is 0 Å². The van der Waals surface area contributed by atoms with E-state index in [0.29, 0.717) is 0 Å². The van der Waals surface area contributed by atoms with Crippen LogP contribution in [0.5, 0.6) is 0 Å². The molecule has 0 saturated carbocycles. The topological polar surface area (TPSA) is 26.5 Å². The summed E-state index contributed by atoms with van der Waals surface area (Å²) in [5.41, 5.74) is 7.23. The number of imidazole rings is 1. The molecule has 0 aliphatic carbocycles. The second-order valence-electron chi connectivity index (χ2n) is 10.4. The number of ether oxygens (including phenoxy) is 1. The largest absolute Gasteiger partial charge is 0.360 e. The minimum Gasteiger partial charge on any atom is -0.360 e. The molecule has 3 heterocycles. The van der Waals surface area contributed by atoms with Gasteiger partial charge in [-0.1, -0.05) is 60.7 Å². The van der Waals surface area contributed by atoms with E-state index >= 15 is 0 Å². The van der Waals surface area contributed by atoms with E-state index in [4.69, 9.17) is 9.72 Å². The van der Waals surface area contributed by atoms with Gasteiger partial charge in [0.25, 0.3) is 0 Å². The second-order valence-corrected chi connectivity index (χ2v) is 10.4. The minimum atomic E-state index is -0.350. The van der Waals surface area contributed by atoms with Gasteiger partial charge in [0.05, 0.1) is 27.9 Å². The Kier molecular flexibility index (Phi) is 3.75. The van der Waals surface area contributed by atoms with Crippen molar-refractivity contribution in [2.24, 2.45) is 0 Å². The predicted octanol–water partition coefficient (Wildman–Crippen LogP) is 7.96. The van der Waals surface area contributed by atoms with Gasteiger partial charge < -0.3 is 4.74 Å². The van der Waals surface area contributed by atoms with Gasteiger partial charge >= 0.3 is 0 Å². The number of fused-ring (bicyclic) bond motifs is 8. The third-order valence-corrected chi connectivity index (χ3v) is 7.40. The zero-order valence-electron chi connectivity index (χ0n) is 19.9. The minimum absolute atomic E-state index is 0.344. The first-order valence-corrected chi connectivity index (χ1v) is 11.9. The highest BCUT2D eigenvalue weighted by atomic mass is 16.5. The van der Waals surface area contributed by atoms with Crippen molar-refractivity contribution in [3.05, 3.63) is 96.1 Å². The van der Waals surface area contributed by atoms with E-state index in [1.807, 2.05) is 0 Å². The summed E-state index contributed by atoms with van der Waals surface area (Å²) >= 11 is 0. The Hall–Kier alpha value is -3.69. The fourth-order valence-electron chi connectivity index (χ4n) is 5.96. The molecule has 3 nitrogen and oxygen atoms in total. The van der Waals surface area contributed by atoms with E-state index < -0.39 is 0 Å². The molecule has 0 spiro atoms. The lowest BCUT2D eigenvalue weighted by atomic mass is 9.90. The van der Waals surface area contributed by atoms with E-state index in [1.165, 1.54) is 38.2 Å². The predicted molar refractivity (Wildman–Crippen MR) is 140 cm³/mol. The Morgan fingerprint density at radius 1 is 0.676 bits per heavy atom. The average Bonchev–Trinajstić information content (AvgIpc) is 3.29. The van der Waals surface area contributed by atoms with E-state index in [1.54, 1.807) is 0 Å². The summed E-state index contributed by atoms with van der Waals surface area (Å²) in [5, 5.41) is 4.90. The maximum Gasteiger partial charge on any atom is 0.146 e. The molecular weight excluding hydrogens is 416 g/mol. The molecule has 1 aliphatic rings. The van der Waals surface area contributed by atoms with Crippen LogP contribution in [-0.4, -0.2) is 9.38 Å². The van der Waals surface area contributed by atoms with Gasteiger partial charge in [-0.25, -0.2) is 4.98 Å². The molecule has 34 heavy (non-hydrogen) atoms. The molecule has 1 aliphatic heterocycles. The summed E-state index contributed by atoms with van der Waals surface area (Å²) < 4.78 is 8.79. The first-order valence-electron chi connectivity index (χ1n) is 11.9. The second kappa shape index (κ2) is 6.46. The van der Waals surface area contributed by atoms with Crippen LogP contribution < -0.4 is 0 Å². The van der Waals surface area contributed by atoms with Crippen LogP contribution in [0.3, 0.4) is 0 Å². The van der Waals surface area contributed by atoms with Crippen molar-refractivity contribution in [1.82, 2.24) is 9.38 Å². The fourth-order valence-corrected chi connectivity index (χ4v) is 5.96. The smallest absolute Gasteiger partial charge is 0.146 e. The summed E-state index contributed by atoms with van der Waals surface area (Å²) in [6.07, 6.45) is 0. The SMILES string of the molecule is CC1(C)OC(C)(C)c2cc3c(cc21)nc1c2ccc4ccccc4c2cc(-c2ccccc2)n31. The first-order chi connectivity index (χ1) is 16.3. The molecule has 166 valence electrons. The molecule has 6 aromatic rings. The van der Waals surface area contributed by atoms with Crippen LogP contribution in [-0.2, 0) is 15.9 Å². The third kappa shape index (κ3) is 2.59. The number of benzene rings is 4. The molecule has 0 amide bonds. The molecule has 3 heteroatoms. The van der Waals surface area contributed by atoms with Gasteiger partial charge in [0.1, 0.15) is 5.65 Å². The van der Waals surface area contributed by atoms with Crippen molar-refractivity contribution in [2.75, 3.05) is 0 Å². The Bertz CT molecular complexity index is 1770. The van der Waals surface area contributed by atoms with Gasteiger partial charge in [-0.3, -0.25) is 4.40 Å². The lowest BCUT2D eigenvalue weighted by Crippen LogP contribution is -2.22. The van der Waals surface area contributed by atoms with Crippen molar-refractivity contribution in [3.63, 3.8) is 0 Å². The van der Waals surface area contributed by atoms with E-state index in [0.717, 1.165) is 22.4 Å². The number of rotatable bonds is 1. The number of nitrogens with zero attached hydrogens (tertiary/aromatic N) is 2. The van der Waals surface area contributed by atoms with Crippen LogP contribution in [0.4, 0.5) is 0 Å². The molecule has 0 atom stereocenters. The number of hydrogen-bond acceptors (Lipinski definition) is 2. The Morgan fingerprint density at radius 2 is 1.38 bits per heavy atom. The quantitative estimate of drug-likeness (QED) is 0.241. The summed E-state index contributed by atoms with van der Waals surface area (Å²) in [6, 6.07) is 30.5. The van der Waals surface area contributed by atoms with Crippen LogP contribution in [0.1, 0.15) is 38.8 Å². The van der Waals surface area contributed by atoms with Crippen LogP contribution in [0.15, 0.2) is 84.9 Å². The highest BCUT2D eigenvalue weighted by Gasteiger charge is 2.43. The molecule has 0 radical (unpaired) electrons. The highest BCUT2D eigenvalue weighted by molar-refractivity contribution is 6.14. The average molecular weight is 443 g/mol. The van der Waals surface area contributed by atoms with Gasteiger partial charge in [0.15, 0.2) is 0 Å². The van der Waals surface area contributed by atoms with Crippen LogP contribution in [0.25, 0.3) is 49.5 Å². The van der Waals surface area contributed by atoms with Gasteiger partial charge in [0.2, 0.25) is 0 Å². The molecule has 0 unspecified atom stereocenters. The van der Waals surface area contributed by atoms with E-state index in [2.05, 4.69) is 117 Å². The van der Waals surface area contributed by atoms with Crippen molar-refractivity contribution in [2.45, 2.75) is 38.9 Å². The molecule has 0 saturated heterocycles. The normalized spacial score (nSPS) is 16.6. The summed E-state index contributed by atoms with van der Waals surface area (Å²) in [7, 11) is 0. The lowest BCUT2D eigenvalue weighted by Gasteiger charge is -2.24. The number of hydrogen-bond donors (Lipinski definition) is 0. The number of aromatic nitrogens is 2. The molecule has 0 bridgehead atoms. The molecule has 7 rings (SSSR count). The van der Waals surface area contributed by atoms with Crippen LogP contribution in [0, 0.1) is 0 Å². The molecule has 0 N–H and O–H groups in total. The fraction of sp³-hybridized carbons (Fsp3) is 0.194. The van der Waals surface area contributed by atoms with Crippen molar-refractivity contribution < 1.29 is 4.74 Å². The van der Waals surface area contributed by atoms with Gasteiger partial charge in [-0.2, -0.15) is 0 Å².